The standard InChI is InChI=1S/C10H24N2O/c1-9(12(4)5)8-11-7-6-10(2,3)13/h9,11,13H,6-8H2,1-5H3. The quantitative estimate of drug-likeness (QED) is 0.602. The van der Waals surface area contributed by atoms with Gasteiger partial charge in [-0.1, -0.05) is 0 Å². The molecule has 0 aromatic rings. The van der Waals surface area contributed by atoms with Gasteiger partial charge in [0.15, 0.2) is 0 Å². The minimum Gasteiger partial charge on any atom is -0.390 e. The Morgan fingerprint density at radius 2 is 1.92 bits per heavy atom. The first kappa shape index (κ1) is 12.9. The molecule has 0 amide bonds. The summed E-state index contributed by atoms with van der Waals surface area (Å²) in [5.41, 5.74) is -0.547. The summed E-state index contributed by atoms with van der Waals surface area (Å²) in [5, 5.41) is 12.8. The lowest BCUT2D eigenvalue weighted by molar-refractivity contribution is 0.0708. The molecule has 0 radical (unpaired) electrons. The molecule has 1 unspecified atom stereocenters. The Labute approximate surface area is 82.1 Å². The second kappa shape index (κ2) is 5.58. The van der Waals surface area contributed by atoms with Crippen LogP contribution in [0.3, 0.4) is 0 Å². The number of aliphatic hydroxyl groups is 1. The summed E-state index contributed by atoms with van der Waals surface area (Å²) in [7, 11) is 4.14. The van der Waals surface area contributed by atoms with Crippen molar-refractivity contribution in [3.63, 3.8) is 0 Å². The molecule has 0 aromatic heterocycles. The van der Waals surface area contributed by atoms with Crippen molar-refractivity contribution in [1.82, 2.24) is 10.2 Å². The van der Waals surface area contributed by atoms with Crippen molar-refractivity contribution in [2.24, 2.45) is 0 Å². The summed E-state index contributed by atoms with van der Waals surface area (Å²) in [6, 6.07) is 0.543. The molecule has 0 bridgehead atoms. The van der Waals surface area contributed by atoms with Gasteiger partial charge in [0.25, 0.3) is 0 Å². The van der Waals surface area contributed by atoms with Crippen molar-refractivity contribution >= 4 is 0 Å². The fraction of sp³-hybridized carbons (Fsp3) is 1.00. The lowest BCUT2D eigenvalue weighted by Crippen LogP contribution is -2.37. The van der Waals surface area contributed by atoms with Crippen LogP contribution >= 0.6 is 0 Å². The first-order chi connectivity index (χ1) is 5.83. The van der Waals surface area contributed by atoms with Gasteiger partial charge in [0.1, 0.15) is 0 Å². The molecule has 0 aromatic carbocycles. The molecular weight excluding hydrogens is 164 g/mol. The van der Waals surface area contributed by atoms with E-state index in [9.17, 15) is 5.11 Å². The molecule has 0 saturated carbocycles. The van der Waals surface area contributed by atoms with Crippen LogP contribution in [0.25, 0.3) is 0 Å². The zero-order valence-electron chi connectivity index (χ0n) is 9.59. The van der Waals surface area contributed by atoms with E-state index in [0.29, 0.717) is 6.04 Å². The lowest BCUT2D eigenvalue weighted by Gasteiger charge is -2.22. The van der Waals surface area contributed by atoms with E-state index < -0.39 is 5.60 Å². The highest BCUT2D eigenvalue weighted by Gasteiger charge is 2.11. The molecule has 3 heteroatoms. The van der Waals surface area contributed by atoms with E-state index >= 15 is 0 Å². The predicted molar refractivity (Wildman–Crippen MR) is 56.9 cm³/mol. The lowest BCUT2D eigenvalue weighted by atomic mass is 10.1. The molecule has 13 heavy (non-hydrogen) atoms. The Morgan fingerprint density at radius 1 is 1.38 bits per heavy atom. The van der Waals surface area contributed by atoms with Gasteiger partial charge >= 0.3 is 0 Å². The molecule has 0 aliphatic rings. The van der Waals surface area contributed by atoms with Crippen LogP contribution in [-0.4, -0.2) is 48.8 Å². The molecule has 3 nitrogen and oxygen atoms in total. The van der Waals surface area contributed by atoms with Gasteiger partial charge in [0.2, 0.25) is 0 Å². The molecule has 1 atom stereocenters. The Bertz CT molecular complexity index is 129. The minimum absolute atomic E-state index is 0.543. The van der Waals surface area contributed by atoms with Gasteiger partial charge in [0.05, 0.1) is 5.60 Å². The van der Waals surface area contributed by atoms with Crippen molar-refractivity contribution in [3.8, 4) is 0 Å². The van der Waals surface area contributed by atoms with Crippen molar-refractivity contribution in [2.75, 3.05) is 27.2 Å². The summed E-state index contributed by atoms with van der Waals surface area (Å²) in [4.78, 5) is 2.18. The third kappa shape index (κ3) is 8.22. The zero-order valence-corrected chi connectivity index (χ0v) is 9.59. The summed E-state index contributed by atoms with van der Waals surface area (Å²) < 4.78 is 0. The fourth-order valence-electron chi connectivity index (χ4n) is 0.888. The van der Waals surface area contributed by atoms with Gasteiger partial charge in [-0.15, -0.1) is 0 Å². The molecule has 0 heterocycles. The largest absolute Gasteiger partial charge is 0.390 e. The summed E-state index contributed by atoms with van der Waals surface area (Å²) in [6.45, 7) is 7.70. The summed E-state index contributed by atoms with van der Waals surface area (Å²) in [6.07, 6.45) is 0.799. The van der Waals surface area contributed by atoms with Gasteiger partial charge in [-0.3, -0.25) is 0 Å². The highest BCUT2D eigenvalue weighted by molar-refractivity contribution is 4.68. The van der Waals surface area contributed by atoms with Gasteiger partial charge in [-0.2, -0.15) is 0 Å². The Morgan fingerprint density at radius 3 is 2.31 bits per heavy atom. The number of nitrogens with zero attached hydrogens (tertiary/aromatic N) is 1. The molecule has 80 valence electrons. The molecular formula is C10H24N2O. The maximum absolute atomic E-state index is 9.44. The average molecular weight is 188 g/mol. The van der Waals surface area contributed by atoms with Crippen LogP contribution in [-0.2, 0) is 0 Å². The van der Waals surface area contributed by atoms with E-state index in [1.54, 1.807) is 0 Å². The Kier molecular flexibility index (Phi) is 5.53. The Balaban J connectivity index is 3.36. The smallest absolute Gasteiger partial charge is 0.0603 e. The maximum atomic E-state index is 9.44. The van der Waals surface area contributed by atoms with Crippen molar-refractivity contribution in [3.05, 3.63) is 0 Å². The van der Waals surface area contributed by atoms with Crippen LogP contribution in [0.1, 0.15) is 27.2 Å². The Hall–Kier alpha value is -0.120. The van der Waals surface area contributed by atoms with Crippen LogP contribution in [0.5, 0.6) is 0 Å². The normalized spacial score (nSPS) is 15.0. The van der Waals surface area contributed by atoms with Crippen molar-refractivity contribution in [1.29, 1.82) is 0 Å². The second-order valence-electron chi connectivity index (χ2n) is 4.58. The van der Waals surface area contributed by atoms with E-state index in [2.05, 4.69) is 31.2 Å². The van der Waals surface area contributed by atoms with Gasteiger partial charge < -0.3 is 15.3 Å². The molecule has 0 rings (SSSR count). The zero-order chi connectivity index (χ0) is 10.5. The first-order valence-corrected chi connectivity index (χ1v) is 4.92. The number of hydrogen-bond donors (Lipinski definition) is 2. The van der Waals surface area contributed by atoms with Gasteiger partial charge in [0, 0.05) is 12.6 Å². The summed E-state index contributed by atoms with van der Waals surface area (Å²) in [5.74, 6) is 0. The van der Waals surface area contributed by atoms with Crippen LogP contribution in [0.2, 0.25) is 0 Å². The molecule has 0 spiro atoms. The van der Waals surface area contributed by atoms with Gasteiger partial charge in [-0.05, 0) is 47.8 Å². The van der Waals surface area contributed by atoms with Crippen molar-refractivity contribution in [2.45, 2.75) is 38.8 Å². The van der Waals surface area contributed by atoms with E-state index in [0.717, 1.165) is 19.5 Å². The fourth-order valence-corrected chi connectivity index (χ4v) is 0.888. The molecule has 2 N–H and O–H groups in total. The minimum atomic E-state index is -0.547. The highest BCUT2D eigenvalue weighted by Crippen LogP contribution is 2.04. The number of likely N-dealkylation sites (N-methyl/N-ethyl adjacent to an activating group) is 1. The third-order valence-electron chi connectivity index (χ3n) is 2.23. The topological polar surface area (TPSA) is 35.5 Å². The van der Waals surface area contributed by atoms with Gasteiger partial charge in [-0.25, -0.2) is 0 Å². The number of nitrogens with one attached hydrogen (secondary N) is 1. The average Bonchev–Trinajstić information content (AvgIpc) is 1.95. The first-order valence-electron chi connectivity index (χ1n) is 4.92. The number of rotatable bonds is 6. The third-order valence-corrected chi connectivity index (χ3v) is 2.23. The molecule has 0 aliphatic heterocycles. The predicted octanol–water partition coefficient (Wildman–Crippen LogP) is 0.687. The summed E-state index contributed by atoms with van der Waals surface area (Å²) >= 11 is 0. The SMILES string of the molecule is CC(CNCCC(C)(C)O)N(C)C. The monoisotopic (exact) mass is 188 g/mol. The van der Waals surface area contributed by atoms with E-state index in [1.807, 2.05) is 13.8 Å². The van der Waals surface area contributed by atoms with Crippen LogP contribution in [0.15, 0.2) is 0 Å². The van der Waals surface area contributed by atoms with E-state index in [4.69, 9.17) is 0 Å². The molecule has 0 saturated heterocycles. The van der Waals surface area contributed by atoms with Crippen LogP contribution in [0.4, 0.5) is 0 Å². The second-order valence-corrected chi connectivity index (χ2v) is 4.58. The highest BCUT2D eigenvalue weighted by atomic mass is 16.3. The van der Waals surface area contributed by atoms with E-state index in [1.165, 1.54) is 0 Å². The van der Waals surface area contributed by atoms with Crippen LogP contribution < -0.4 is 5.32 Å². The van der Waals surface area contributed by atoms with E-state index in [-0.39, 0.29) is 0 Å². The molecule has 0 fully saturated rings. The number of hydrogen-bond acceptors (Lipinski definition) is 3. The maximum Gasteiger partial charge on any atom is 0.0603 e. The van der Waals surface area contributed by atoms with Crippen LogP contribution in [0, 0.1) is 0 Å². The van der Waals surface area contributed by atoms with Crippen molar-refractivity contribution < 1.29 is 5.11 Å². The molecule has 0 aliphatic carbocycles.